The van der Waals surface area contributed by atoms with Crippen molar-refractivity contribution in [2.75, 3.05) is 0 Å². The highest BCUT2D eigenvalue weighted by Crippen LogP contribution is 2.50. The second-order valence-corrected chi connectivity index (χ2v) is 5.15. The Labute approximate surface area is 141 Å². The number of hydrogen-bond acceptors (Lipinski definition) is 9. The van der Waals surface area contributed by atoms with E-state index in [4.69, 9.17) is 5.41 Å². The quantitative estimate of drug-likeness (QED) is 0.541. The van der Waals surface area contributed by atoms with Crippen molar-refractivity contribution in [1.29, 1.82) is 5.41 Å². The Kier molecular flexibility index (Phi) is 3.42. The van der Waals surface area contributed by atoms with E-state index in [1.807, 2.05) is 0 Å². The van der Waals surface area contributed by atoms with E-state index in [0.29, 0.717) is 6.07 Å². The molecule has 1 aliphatic rings. The van der Waals surface area contributed by atoms with E-state index in [1.165, 1.54) is 0 Å². The summed E-state index contributed by atoms with van der Waals surface area (Å²) in [5.74, 6) is 0. The van der Waals surface area contributed by atoms with E-state index in [2.05, 4.69) is 0 Å². The average Bonchev–Trinajstić information content (AvgIpc) is 2.85. The zero-order valence-corrected chi connectivity index (χ0v) is 12.4. The van der Waals surface area contributed by atoms with Gasteiger partial charge in [-0.3, -0.25) is 45.9 Å². The maximum atomic E-state index is 11.5. The Morgan fingerprint density at radius 2 is 1.31 bits per heavy atom. The summed E-state index contributed by atoms with van der Waals surface area (Å²) in [5, 5.41) is 52.8. The molecule has 130 valence electrons. The van der Waals surface area contributed by atoms with Gasteiger partial charge in [-0.25, -0.2) is 0 Å². The lowest BCUT2D eigenvalue weighted by Gasteiger charge is -2.04. The lowest BCUT2D eigenvalue weighted by molar-refractivity contribution is -0.440. The molecule has 0 heterocycles. The van der Waals surface area contributed by atoms with Crippen LogP contribution < -0.4 is 0 Å². The molecule has 3 rings (SSSR count). The van der Waals surface area contributed by atoms with Crippen LogP contribution in [0.3, 0.4) is 0 Å². The number of hydrogen-bond donors (Lipinski definition) is 1. The topological polar surface area (TPSA) is 196 Å². The number of nitrogens with zero attached hydrogens (tertiary/aromatic N) is 4. The minimum Gasteiger partial charge on any atom is -0.300 e. The van der Waals surface area contributed by atoms with E-state index in [0.717, 1.165) is 18.2 Å². The minimum atomic E-state index is -1.31. The van der Waals surface area contributed by atoms with Crippen LogP contribution in [-0.4, -0.2) is 25.4 Å². The van der Waals surface area contributed by atoms with Crippen molar-refractivity contribution in [3.63, 3.8) is 0 Å². The highest BCUT2D eigenvalue weighted by atomic mass is 16.6. The molecule has 13 heteroatoms. The largest absolute Gasteiger partial charge is 0.423 e. The van der Waals surface area contributed by atoms with Gasteiger partial charge < -0.3 is 0 Å². The Morgan fingerprint density at radius 3 is 1.81 bits per heavy atom. The second kappa shape index (κ2) is 5.37. The number of rotatable bonds is 4. The average molecular weight is 359 g/mol. The third-order valence-corrected chi connectivity index (χ3v) is 3.84. The van der Waals surface area contributed by atoms with Gasteiger partial charge >= 0.3 is 17.1 Å². The molecule has 0 saturated heterocycles. The summed E-state index contributed by atoms with van der Waals surface area (Å²) in [6.07, 6.45) is 0. The summed E-state index contributed by atoms with van der Waals surface area (Å²) in [6, 6.07) is 3.84. The van der Waals surface area contributed by atoms with Gasteiger partial charge in [-0.1, -0.05) is 0 Å². The maximum Gasteiger partial charge on any atom is 0.423 e. The summed E-state index contributed by atoms with van der Waals surface area (Å²) in [4.78, 5) is 40.5. The number of nitro benzene ring substituents is 4. The van der Waals surface area contributed by atoms with E-state index >= 15 is 0 Å². The smallest absolute Gasteiger partial charge is 0.300 e. The van der Waals surface area contributed by atoms with Crippen LogP contribution in [0.2, 0.25) is 0 Å². The standard InChI is InChI=1S/C13H5N5O8/c14-11-7-3-5(15(19)20)1-2-6(7)10-8(11)4-9(16(21)22)12(17(23)24)13(10)18(25)26/h1-4,14H. The van der Waals surface area contributed by atoms with Crippen molar-refractivity contribution in [3.8, 4) is 11.1 Å². The molecule has 0 atom stereocenters. The van der Waals surface area contributed by atoms with E-state index in [9.17, 15) is 40.5 Å². The minimum absolute atomic E-state index is 0.0136. The number of nitro groups is 4. The Bertz CT molecular complexity index is 1080. The number of benzene rings is 2. The van der Waals surface area contributed by atoms with Crippen molar-refractivity contribution in [2.24, 2.45) is 0 Å². The normalized spacial score (nSPS) is 11.6. The Balaban J connectivity index is 2.47. The molecule has 13 nitrogen and oxygen atoms in total. The van der Waals surface area contributed by atoms with Gasteiger partial charge in [-0.15, -0.1) is 0 Å². The third kappa shape index (κ3) is 2.15. The molecule has 0 bridgehead atoms. The van der Waals surface area contributed by atoms with E-state index in [-0.39, 0.29) is 22.3 Å². The van der Waals surface area contributed by atoms with Crippen LogP contribution in [0.5, 0.6) is 0 Å². The van der Waals surface area contributed by atoms with Gasteiger partial charge in [0.15, 0.2) is 0 Å². The van der Waals surface area contributed by atoms with Crippen molar-refractivity contribution < 1.29 is 19.7 Å². The van der Waals surface area contributed by atoms with Gasteiger partial charge in [0, 0.05) is 29.3 Å². The molecule has 0 aromatic heterocycles. The molecule has 0 unspecified atom stereocenters. The first-order valence-electron chi connectivity index (χ1n) is 6.67. The van der Waals surface area contributed by atoms with Gasteiger partial charge in [-0.2, -0.15) is 0 Å². The van der Waals surface area contributed by atoms with Crippen molar-refractivity contribution in [1.82, 2.24) is 0 Å². The molecule has 1 aliphatic carbocycles. The van der Waals surface area contributed by atoms with Crippen molar-refractivity contribution >= 4 is 28.5 Å². The molecular formula is C13H5N5O8. The van der Waals surface area contributed by atoms with Crippen LogP contribution >= 0.6 is 0 Å². The highest BCUT2D eigenvalue weighted by Gasteiger charge is 2.45. The van der Waals surface area contributed by atoms with E-state index < -0.39 is 48.2 Å². The first kappa shape index (κ1) is 16.6. The lowest BCUT2D eigenvalue weighted by Crippen LogP contribution is -2.05. The molecule has 0 amide bonds. The summed E-state index contributed by atoms with van der Waals surface area (Å²) in [7, 11) is 0. The van der Waals surface area contributed by atoms with Crippen LogP contribution in [0.25, 0.3) is 11.1 Å². The Morgan fingerprint density at radius 1 is 0.692 bits per heavy atom. The molecular weight excluding hydrogens is 354 g/mol. The number of fused-ring (bicyclic) bond motifs is 3. The molecule has 26 heavy (non-hydrogen) atoms. The van der Waals surface area contributed by atoms with Gasteiger partial charge in [0.05, 0.1) is 31.0 Å². The van der Waals surface area contributed by atoms with Crippen LogP contribution in [0.1, 0.15) is 11.1 Å². The zero-order chi connectivity index (χ0) is 19.3. The Hall–Kier alpha value is -4.29. The van der Waals surface area contributed by atoms with Gasteiger partial charge in [0.1, 0.15) is 0 Å². The summed E-state index contributed by atoms with van der Waals surface area (Å²) in [5.41, 5.74) is -5.10. The lowest BCUT2D eigenvalue weighted by atomic mass is 10.0. The van der Waals surface area contributed by atoms with Crippen LogP contribution in [0.4, 0.5) is 22.7 Å². The fraction of sp³-hybridized carbons (Fsp3) is 0. The van der Waals surface area contributed by atoms with Gasteiger partial charge in [0.2, 0.25) is 0 Å². The SMILES string of the molecule is N=C1c2cc([N+](=O)[O-])ccc2-c2c1cc([N+](=O)[O-])c([N+](=O)[O-])c2[N+](=O)[O-]. The summed E-state index contributed by atoms with van der Waals surface area (Å²) in [6.45, 7) is 0. The van der Waals surface area contributed by atoms with E-state index in [1.54, 1.807) is 0 Å². The predicted octanol–water partition coefficient (Wildman–Crippen LogP) is 2.72. The molecule has 2 aromatic rings. The first-order chi connectivity index (χ1) is 12.1. The van der Waals surface area contributed by atoms with Crippen LogP contribution in [0, 0.1) is 45.9 Å². The zero-order valence-electron chi connectivity index (χ0n) is 12.4. The van der Waals surface area contributed by atoms with Crippen LogP contribution in [-0.2, 0) is 0 Å². The predicted molar refractivity (Wildman–Crippen MR) is 84.4 cm³/mol. The molecule has 0 radical (unpaired) electrons. The van der Waals surface area contributed by atoms with Crippen LogP contribution in [0.15, 0.2) is 24.3 Å². The van der Waals surface area contributed by atoms with Crippen molar-refractivity contribution in [2.45, 2.75) is 0 Å². The number of non-ortho nitro benzene ring substituents is 1. The van der Waals surface area contributed by atoms with Gasteiger partial charge in [0.25, 0.3) is 5.69 Å². The fourth-order valence-corrected chi connectivity index (χ4v) is 2.83. The van der Waals surface area contributed by atoms with Crippen molar-refractivity contribution in [3.05, 3.63) is 75.8 Å². The number of nitrogens with one attached hydrogen (secondary N) is 1. The molecule has 2 aromatic carbocycles. The molecule has 0 aliphatic heterocycles. The molecule has 0 spiro atoms. The van der Waals surface area contributed by atoms with Gasteiger partial charge in [-0.05, 0) is 11.6 Å². The fourth-order valence-electron chi connectivity index (χ4n) is 2.83. The molecule has 1 N–H and O–H groups in total. The summed E-state index contributed by atoms with van der Waals surface area (Å²) < 4.78 is 0. The molecule has 0 saturated carbocycles. The summed E-state index contributed by atoms with van der Waals surface area (Å²) >= 11 is 0. The molecule has 0 fully saturated rings. The monoisotopic (exact) mass is 359 g/mol. The second-order valence-electron chi connectivity index (χ2n) is 5.15. The highest BCUT2D eigenvalue weighted by molar-refractivity contribution is 6.25. The first-order valence-corrected chi connectivity index (χ1v) is 6.67. The third-order valence-electron chi connectivity index (χ3n) is 3.84. The maximum absolute atomic E-state index is 11.5.